The number of hydrogen-bond donors (Lipinski definition) is 1. The molecule has 7 nitrogen and oxygen atoms in total. The van der Waals surface area contributed by atoms with Crippen LogP contribution in [0.1, 0.15) is 71.3 Å². The van der Waals surface area contributed by atoms with E-state index in [9.17, 15) is 14.0 Å². The highest BCUT2D eigenvalue weighted by Gasteiger charge is 2.26. The number of benzene rings is 2. The molecule has 3 rings (SSSR count). The number of fused-ring (bicyclic) bond motifs is 1. The summed E-state index contributed by atoms with van der Waals surface area (Å²) in [7, 11) is 0. The molecule has 0 unspecified atom stereocenters. The minimum atomic E-state index is -0.723. The van der Waals surface area contributed by atoms with E-state index >= 15 is 0 Å². The van der Waals surface area contributed by atoms with Crippen molar-refractivity contribution in [3.63, 3.8) is 0 Å². The summed E-state index contributed by atoms with van der Waals surface area (Å²) < 4.78 is 26.6. The Bertz CT molecular complexity index is 1190. The molecule has 0 atom stereocenters. The van der Waals surface area contributed by atoms with Crippen molar-refractivity contribution in [1.82, 2.24) is 9.78 Å². The second-order valence-corrected chi connectivity index (χ2v) is 9.57. The molecule has 34 heavy (non-hydrogen) atoms. The predicted octanol–water partition coefficient (Wildman–Crippen LogP) is 6.99. The van der Waals surface area contributed by atoms with E-state index < -0.39 is 29.1 Å². The van der Waals surface area contributed by atoms with Gasteiger partial charge in [-0.3, -0.25) is 0 Å². The molecular formula is C26H34FN3O4. The molecule has 0 fully saturated rings. The first-order valence-electron chi connectivity index (χ1n) is 11.3. The van der Waals surface area contributed by atoms with Crippen molar-refractivity contribution < 1.29 is 23.5 Å². The highest BCUT2D eigenvalue weighted by molar-refractivity contribution is 6.08. The Labute approximate surface area is 200 Å². The molecule has 0 aliphatic carbocycles. The Hall–Kier alpha value is -3.42. The average molecular weight is 472 g/mol. The highest BCUT2D eigenvalue weighted by Crippen LogP contribution is 2.33. The van der Waals surface area contributed by atoms with Gasteiger partial charge >= 0.3 is 12.1 Å². The molecule has 1 aromatic heterocycles. The van der Waals surface area contributed by atoms with Crippen LogP contribution in [-0.2, 0) is 9.47 Å². The van der Waals surface area contributed by atoms with Gasteiger partial charge in [-0.15, -0.1) is 0 Å². The fourth-order valence-corrected chi connectivity index (χ4v) is 3.05. The zero-order valence-electron chi connectivity index (χ0n) is 21.4. The van der Waals surface area contributed by atoms with Crippen molar-refractivity contribution in [1.29, 1.82) is 0 Å². The van der Waals surface area contributed by atoms with Crippen LogP contribution in [0.15, 0.2) is 36.5 Å². The molecule has 0 aliphatic heterocycles. The summed E-state index contributed by atoms with van der Waals surface area (Å²) >= 11 is 0. The standard InChI is InChI=1S/C24H28FN3O4.C2H6/c1-14-8-10-18(17(25)12-14)27-20-15(21(29)31-23(2,3)4)9-11-19-16(20)13-26-28(19)22(30)32-24(5,6)7;1-2/h8-13,27H,1-7H3;1-2H3. The maximum atomic E-state index is 14.6. The molecule has 0 aliphatic rings. The zero-order valence-corrected chi connectivity index (χ0v) is 21.4. The summed E-state index contributed by atoms with van der Waals surface area (Å²) in [6.45, 7) is 16.3. The predicted molar refractivity (Wildman–Crippen MR) is 132 cm³/mol. The van der Waals surface area contributed by atoms with Gasteiger partial charge in [-0.25, -0.2) is 14.0 Å². The van der Waals surface area contributed by atoms with Crippen LogP contribution < -0.4 is 5.32 Å². The summed E-state index contributed by atoms with van der Waals surface area (Å²) in [6.07, 6.45) is 0.770. The van der Waals surface area contributed by atoms with Crippen LogP contribution in [0.2, 0.25) is 0 Å². The SMILES string of the molecule is CC.Cc1ccc(Nc2c(C(=O)OC(C)(C)C)ccc3c2cnn3C(=O)OC(C)(C)C)c(F)c1. The van der Waals surface area contributed by atoms with Gasteiger partial charge < -0.3 is 14.8 Å². The van der Waals surface area contributed by atoms with Crippen LogP contribution in [0.5, 0.6) is 0 Å². The van der Waals surface area contributed by atoms with Gasteiger partial charge in [0.25, 0.3) is 0 Å². The number of aromatic nitrogens is 2. The molecule has 0 radical (unpaired) electrons. The van der Waals surface area contributed by atoms with E-state index in [1.54, 1.807) is 66.7 Å². The topological polar surface area (TPSA) is 82.5 Å². The van der Waals surface area contributed by atoms with Crippen molar-refractivity contribution in [3.05, 3.63) is 53.5 Å². The summed E-state index contributed by atoms with van der Waals surface area (Å²) in [4.78, 5) is 25.5. The minimum absolute atomic E-state index is 0.179. The first kappa shape index (κ1) is 26.8. The molecule has 0 bridgehead atoms. The second-order valence-electron chi connectivity index (χ2n) is 9.57. The number of ether oxygens (including phenoxy) is 2. The lowest BCUT2D eigenvalue weighted by atomic mass is 10.1. The van der Waals surface area contributed by atoms with Crippen LogP contribution in [-0.4, -0.2) is 33.0 Å². The lowest BCUT2D eigenvalue weighted by Crippen LogP contribution is -2.27. The number of rotatable bonds is 3. The maximum absolute atomic E-state index is 14.6. The van der Waals surface area contributed by atoms with Gasteiger partial charge in [-0.2, -0.15) is 9.78 Å². The van der Waals surface area contributed by atoms with Crippen LogP contribution in [0.3, 0.4) is 0 Å². The molecule has 8 heteroatoms. The van der Waals surface area contributed by atoms with Crippen LogP contribution in [0.25, 0.3) is 10.9 Å². The van der Waals surface area contributed by atoms with E-state index in [-0.39, 0.29) is 16.9 Å². The molecule has 1 heterocycles. The third-order valence-electron chi connectivity index (χ3n) is 4.32. The van der Waals surface area contributed by atoms with Crippen LogP contribution in [0, 0.1) is 12.7 Å². The fourth-order valence-electron chi connectivity index (χ4n) is 3.05. The minimum Gasteiger partial charge on any atom is -0.456 e. The quantitative estimate of drug-likeness (QED) is 0.415. The molecule has 3 aromatic rings. The van der Waals surface area contributed by atoms with E-state index in [1.165, 1.54) is 18.3 Å². The van der Waals surface area contributed by atoms with Gasteiger partial charge in [0.2, 0.25) is 0 Å². The number of hydrogen-bond acceptors (Lipinski definition) is 6. The number of nitrogens with one attached hydrogen (secondary N) is 1. The van der Waals surface area contributed by atoms with Gasteiger partial charge in [0.1, 0.15) is 17.0 Å². The monoisotopic (exact) mass is 471 g/mol. The molecule has 0 spiro atoms. The molecule has 184 valence electrons. The molecular weight excluding hydrogens is 437 g/mol. The van der Waals surface area contributed by atoms with Gasteiger partial charge in [0.15, 0.2) is 0 Å². The van der Waals surface area contributed by atoms with Gasteiger partial charge in [-0.05, 0) is 78.3 Å². The summed E-state index contributed by atoms with van der Waals surface area (Å²) in [5.41, 5.74) is 0.387. The van der Waals surface area contributed by atoms with Gasteiger partial charge in [-0.1, -0.05) is 19.9 Å². The smallest absolute Gasteiger partial charge is 0.435 e. The Morgan fingerprint density at radius 3 is 2.15 bits per heavy atom. The molecule has 1 N–H and O–H groups in total. The number of halogens is 1. The normalized spacial score (nSPS) is 11.5. The van der Waals surface area contributed by atoms with Crippen LogP contribution in [0.4, 0.5) is 20.6 Å². The number of carbonyl (C=O) groups is 2. The van der Waals surface area contributed by atoms with E-state index in [0.29, 0.717) is 10.9 Å². The molecule has 0 amide bonds. The third-order valence-corrected chi connectivity index (χ3v) is 4.32. The Morgan fingerprint density at radius 1 is 0.971 bits per heavy atom. The number of anilines is 2. The van der Waals surface area contributed by atoms with Gasteiger partial charge in [0, 0.05) is 5.39 Å². The Balaban J connectivity index is 0.00000199. The second kappa shape index (κ2) is 10.2. The Kier molecular flexibility index (Phi) is 8.08. The number of esters is 1. The number of carbonyl (C=O) groups excluding carboxylic acids is 2. The average Bonchev–Trinajstić information content (AvgIpc) is 3.14. The van der Waals surface area contributed by atoms with E-state index in [0.717, 1.165) is 10.2 Å². The van der Waals surface area contributed by atoms with E-state index in [4.69, 9.17) is 9.47 Å². The largest absolute Gasteiger partial charge is 0.456 e. The fraction of sp³-hybridized carbons (Fsp3) is 0.423. The van der Waals surface area contributed by atoms with Crippen molar-refractivity contribution in [3.8, 4) is 0 Å². The lowest BCUT2D eigenvalue weighted by molar-refractivity contribution is 0.00706. The summed E-state index contributed by atoms with van der Waals surface area (Å²) in [5.74, 6) is -1.06. The number of aryl methyl sites for hydroxylation is 1. The molecule has 0 saturated carbocycles. The lowest BCUT2D eigenvalue weighted by Gasteiger charge is -2.21. The van der Waals surface area contributed by atoms with Crippen molar-refractivity contribution in [2.75, 3.05) is 5.32 Å². The third kappa shape index (κ3) is 6.56. The first-order chi connectivity index (χ1) is 15.7. The van der Waals surface area contributed by atoms with Crippen molar-refractivity contribution in [2.24, 2.45) is 0 Å². The Morgan fingerprint density at radius 2 is 1.59 bits per heavy atom. The van der Waals surface area contributed by atoms with Crippen molar-refractivity contribution >= 4 is 34.3 Å². The zero-order chi connectivity index (χ0) is 25.8. The molecule has 2 aromatic carbocycles. The van der Waals surface area contributed by atoms with Gasteiger partial charge in [0.05, 0.1) is 28.7 Å². The summed E-state index contributed by atoms with van der Waals surface area (Å²) in [5, 5.41) is 7.59. The molecule has 0 saturated heterocycles. The highest BCUT2D eigenvalue weighted by atomic mass is 19.1. The van der Waals surface area contributed by atoms with E-state index in [2.05, 4.69) is 10.4 Å². The summed E-state index contributed by atoms with van der Waals surface area (Å²) in [6, 6.07) is 7.83. The van der Waals surface area contributed by atoms with Crippen molar-refractivity contribution in [2.45, 2.75) is 73.5 Å². The number of nitrogens with zero attached hydrogens (tertiary/aromatic N) is 2. The maximum Gasteiger partial charge on any atom is 0.435 e. The van der Waals surface area contributed by atoms with E-state index in [1.807, 2.05) is 13.8 Å². The first-order valence-corrected chi connectivity index (χ1v) is 11.3. The van der Waals surface area contributed by atoms with Crippen LogP contribution >= 0.6 is 0 Å².